The van der Waals surface area contributed by atoms with Crippen molar-refractivity contribution in [1.29, 1.82) is 0 Å². The molecule has 10 aromatic carbocycles. The lowest BCUT2D eigenvalue weighted by Crippen LogP contribution is -1.94. The quantitative estimate of drug-likeness (QED) is 0.170. The molecule has 3 nitrogen and oxygen atoms in total. The topological polar surface area (TPSA) is 23.0 Å². The highest BCUT2D eigenvalue weighted by Gasteiger charge is 2.14. The predicted octanol–water partition coefficient (Wildman–Crippen LogP) is 18.4. The van der Waals surface area contributed by atoms with Gasteiger partial charge in [0.15, 0.2) is 0 Å². The summed E-state index contributed by atoms with van der Waals surface area (Å²) in [6.45, 7) is 8.57. The largest absolute Gasteiger partial charge is 0.456 e. The van der Waals surface area contributed by atoms with E-state index in [-0.39, 0.29) is 0 Å². The van der Waals surface area contributed by atoms with E-state index in [9.17, 15) is 0 Å². The van der Waals surface area contributed by atoms with Gasteiger partial charge in [0.25, 0.3) is 0 Å². The zero-order valence-corrected chi connectivity index (χ0v) is 39.5. The van der Waals surface area contributed by atoms with Crippen LogP contribution in [0, 0.1) is 27.7 Å². The van der Waals surface area contributed by atoms with Gasteiger partial charge in [0.1, 0.15) is 11.2 Å². The summed E-state index contributed by atoms with van der Waals surface area (Å²) in [6.07, 6.45) is 0. The van der Waals surface area contributed by atoms with Crippen LogP contribution in [-0.4, -0.2) is 9.13 Å². The van der Waals surface area contributed by atoms with Gasteiger partial charge in [0, 0.05) is 63.9 Å². The average molecular weight is 895 g/mol. The molecule has 0 atom stereocenters. The Hall–Kier alpha value is -8.18. The van der Waals surface area contributed by atoms with Gasteiger partial charge < -0.3 is 13.6 Å². The first-order valence-electron chi connectivity index (χ1n) is 23.2. The van der Waals surface area contributed by atoms with Gasteiger partial charge in [-0.15, -0.1) is 11.3 Å². The van der Waals surface area contributed by atoms with Crippen molar-refractivity contribution in [3.8, 4) is 11.4 Å². The number of nitrogens with zero attached hydrogens (tertiary/aromatic N) is 2. The van der Waals surface area contributed by atoms with E-state index in [1.807, 2.05) is 35.6 Å². The van der Waals surface area contributed by atoms with Crippen LogP contribution in [0.5, 0.6) is 0 Å². The van der Waals surface area contributed by atoms with Gasteiger partial charge in [0.2, 0.25) is 0 Å². The first kappa shape index (κ1) is 42.5. The Bertz CT molecular complexity index is 3950. The molecule has 0 bridgehead atoms. The Balaban J connectivity index is 0.000000101. The van der Waals surface area contributed by atoms with Crippen LogP contribution in [0.3, 0.4) is 0 Å². The molecular weight excluding hydrogens is 845 g/mol. The van der Waals surface area contributed by atoms with Crippen molar-refractivity contribution in [3.05, 3.63) is 253 Å². The molecule has 0 amide bonds. The third-order valence-electron chi connectivity index (χ3n) is 12.8. The zero-order valence-electron chi connectivity index (χ0n) is 38.7. The van der Waals surface area contributed by atoms with Gasteiger partial charge in [-0.1, -0.05) is 162 Å². The second kappa shape index (κ2) is 18.2. The summed E-state index contributed by atoms with van der Waals surface area (Å²) in [7, 11) is 0. The predicted molar refractivity (Wildman–Crippen MR) is 294 cm³/mol. The molecule has 0 radical (unpaired) electrons. The number of aryl methyl sites for hydroxylation is 4. The highest BCUT2D eigenvalue weighted by molar-refractivity contribution is 7.25. The Morgan fingerprint density at radius 1 is 0.309 bits per heavy atom. The summed E-state index contributed by atoms with van der Waals surface area (Å²) in [5.74, 6) is 0. The van der Waals surface area contributed by atoms with Crippen molar-refractivity contribution in [2.45, 2.75) is 27.7 Å². The maximum atomic E-state index is 5.71. The number of rotatable bonds is 2. The van der Waals surface area contributed by atoms with E-state index in [0.717, 1.165) is 11.2 Å². The second-order valence-corrected chi connectivity index (χ2v) is 18.6. The fraction of sp³-hybridized carbons (Fsp3) is 0.0625. The molecule has 0 fully saturated rings. The highest BCUT2D eigenvalue weighted by Crippen LogP contribution is 2.36. The van der Waals surface area contributed by atoms with E-state index in [0.29, 0.717) is 0 Å². The lowest BCUT2D eigenvalue weighted by Gasteiger charge is -2.08. The van der Waals surface area contributed by atoms with Crippen molar-refractivity contribution in [1.82, 2.24) is 9.13 Å². The number of aromatic nitrogens is 2. The van der Waals surface area contributed by atoms with Crippen molar-refractivity contribution in [2.24, 2.45) is 0 Å². The van der Waals surface area contributed by atoms with Gasteiger partial charge in [-0.25, -0.2) is 0 Å². The van der Waals surface area contributed by atoms with Crippen LogP contribution >= 0.6 is 11.3 Å². The molecule has 0 saturated carbocycles. The molecule has 0 aliphatic heterocycles. The number of hydrogen-bond acceptors (Lipinski definition) is 2. The SMILES string of the molecule is Cc1ccc2c(c1)c1ccccc1n2-c1ccccc1.Cc1ccc2oc3ccccc3c2c1.Cc1ccc2sc3ccccc3c2c1.Cc1cccc2c3ccccc3n(-c3ccccc3)c12. The minimum Gasteiger partial charge on any atom is -0.456 e. The lowest BCUT2D eigenvalue weighted by atomic mass is 10.1. The van der Waals surface area contributed by atoms with Gasteiger partial charge in [-0.2, -0.15) is 0 Å². The van der Waals surface area contributed by atoms with Crippen molar-refractivity contribution in [3.63, 3.8) is 0 Å². The van der Waals surface area contributed by atoms with E-state index in [4.69, 9.17) is 4.42 Å². The van der Waals surface area contributed by atoms with Gasteiger partial charge in [-0.05, 0) is 118 Å². The Kier molecular flexibility index (Phi) is 11.4. The van der Waals surface area contributed by atoms with Gasteiger partial charge >= 0.3 is 0 Å². The van der Waals surface area contributed by atoms with Crippen molar-refractivity contribution < 1.29 is 4.42 Å². The maximum absolute atomic E-state index is 5.71. The van der Waals surface area contributed by atoms with Gasteiger partial charge in [0.05, 0.1) is 22.1 Å². The molecule has 0 aliphatic carbocycles. The molecule has 14 rings (SSSR count). The van der Waals surface area contributed by atoms with Crippen LogP contribution in [-0.2, 0) is 0 Å². The van der Waals surface area contributed by atoms with Crippen LogP contribution in [0.25, 0.3) is 97.1 Å². The minimum absolute atomic E-state index is 0.966. The summed E-state index contributed by atoms with van der Waals surface area (Å²) < 4.78 is 13.2. The fourth-order valence-corrected chi connectivity index (χ4v) is 10.7. The van der Waals surface area contributed by atoms with Crippen molar-refractivity contribution in [2.75, 3.05) is 0 Å². The number of hydrogen-bond donors (Lipinski definition) is 0. The van der Waals surface area contributed by atoms with E-state index >= 15 is 0 Å². The summed E-state index contributed by atoms with van der Waals surface area (Å²) in [4.78, 5) is 0. The Labute approximate surface area is 400 Å². The normalized spacial score (nSPS) is 11.2. The molecule has 14 aromatic rings. The number of thiophene rings is 1. The van der Waals surface area contributed by atoms with Crippen LogP contribution in [0.1, 0.15) is 22.3 Å². The first-order valence-corrected chi connectivity index (χ1v) is 24.1. The molecule has 0 N–H and O–H groups in total. The summed E-state index contributed by atoms with van der Waals surface area (Å²) in [6, 6.07) is 81.2. The monoisotopic (exact) mass is 894 g/mol. The minimum atomic E-state index is 0.966. The first-order chi connectivity index (χ1) is 33.4. The third kappa shape index (κ3) is 7.99. The van der Waals surface area contributed by atoms with Crippen LogP contribution in [0.15, 0.2) is 235 Å². The average Bonchev–Trinajstić information content (AvgIpc) is 4.13. The number of benzene rings is 10. The Morgan fingerprint density at radius 3 is 1.50 bits per heavy atom. The molecular formula is C64H50N2OS. The molecule has 68 heavy (non-hydrogen) atoms. The van der Waals surface area contributed by atoms with Crippen LogP contribution in [0.4, 0.5) is 0 Å². The molecule has 0 unspecified atom stereocenters. The highest BCUT2D eigenvalue weighted by atomic mass is 32.1. The summed E-state index contributed by atoms with van der Waals surface area (Å²) >= 11 is 1.87. The van der Waals surface area contributed by atoms with Crippen molar-refractivity contribution >= 4 is 97.1 Å². The molecule has 0 spiro atoms. The third-order valence-corrected chi connectivity index (χ3v) is 14.0. The van der Waals surface area contributed by atoms with E-state index in [2.05, 4.69) is 243 Å². The van der Waals surface area contributed by atoms with Crippen LogP contribution < -0.4 is 0 Å². The molecule has 4 heterocycles. The standard InChI is InChI=1S/2C19H15N.C13H10O.C13H10S/c1-14-8-7-12-17-16-11-5-6-13-18(16)20(19(14)17)15-9-3-2-4-10-15;1-14-11-12-19-17(13-14)16-9-5-6-10-18(16)20(19)15-7-3-2-4-8-15;2*1-9-6-7-13-11(8-9)10-4-2-3-5-12(10)14-13/h2*2-13H,1H3;2*2-8H,1H3. The van der Waals surface area contributed by atoms with E-state index < -0.39 is 0 Å². The molecule has 328 valence electrons. The second-order valence-electron chi connectivity index (χ2n) is 17.6. The van der Waals surface area contributed by atoms with Gasteiger partial charge in [-0.3, -0.25) is 0 Å². The molecule has 0 saturated heterocycles. The molecule has 4 heteroatoms. The summed E-state index contributed by atoms with van der Waals surface area (Å²) in [5.41, 5.74) is 14.7. The number of fused-ring (bicyclic) bond motifs is 12. The zero-order chi connectivity index (χ0) is 46.1. The molecule has 0 aliphatic rings. The number of para-hydroxylation sites is 6. The lowest BCUT2D eigenvalue weighted by molar-refractivity contribution is 0.669. The van der Waals surface area contributed by atoms with E-state index in [1.54, 1.807) is 0 Å². The maximum Gasteiger partial charge on any atom is 0.135 e. The Morgan fingerprint density at radius 2 is 0.779 bits per heavy atom. The smallest absolute Gasteiger partial charge is 0.135 e. The summed E-state index contributed by atoms with van der Waals surface area (Å²) in [5, 5.41) is 10.5. The molecule has 4 aromatic heterocycles. The van der Waals surface area contributed by atoms with E-state index in [1.165, 1.54) is 108 Å². The number of furan rings is 1. The fourth-order valence-electron chi connectivity index (χ4n) is 9.66. The van der Waals surface area contributed by atoms with Crippen LogP contribution in [0.2, 0.25) is 0 Å².